The lowest BCUT2D eigenvalue weighted by molar-refractivity contribution is -0.385. The van der Waals surface area contributed by atoms with Gasteiger partial charge in [-0.3, -0.25) is 10.1 Å². The summed E-state index contributed by atoms with van der Waals surface area (Å²) in [6.07, 6.45) is 0. The number of rotatable bonds is 5. The van der Waals surface area contributed by atoms with E-state index in [2.05, 4.69) is 0 Å². The molecule has 7 heteroatoms. The first kappa shape index (κ1) is 15.1. The van der Waals surface area contributed by atoms with Crippen molar-refractivity contribution in [1.82, 2.24) is 0 Å². The fourth-order valence-corrected chi connectivity index (χ4v) is 1.90. The first-order valence-corrected chi connectivity index (χ1v) is 6.29. The van der Waals surface area contributed by atoms with Crippen LogP contribution in [0.25, 0.3) is 0 Å². The van der Waals surface area contributed by atoms with Gasteiger partial charge in [-0.2, -0.15) is 0 Å². The van der Waals surface area contributed by atoms with Crippen molar-refractivity contribution in [1.29, 1.82) is 0 Å². The number of halogens is 2. The Morgan fingerprint density at radius 1 is 1.29 bits per heavy atom. The Hall–Kier alpha value is -2.34. The average Bonchev–Trinajstić information content (AvgIpc) is 2.46. The van der Waals surface area contributed by atoms with E-state index >= 15 is 0 Å². The molecule has 2 aromatic rings. The summed E-state index contributed by atoms with van der Waals surface area (Å²) in [5.74, 6) is -0.504. The molecule has 2 rings (SSSR count). The lowest BCUT2D eigenvalue weighted by atomic mass is 10.2. The van der Waals surface area contributed by atoms with Gasteiger partial charge in [0.1, 0.15) is 6.61 Å². The highest BCUT2D eigenvalue weighted by Crippen LogP contribution is 2.31. The number of nitro groups is 1. The number of nitrogens with zero attached hydrogens (tertiary/aromatic N) is 1. The Kier molecular flexibility index (Phi) is 4.59. The van der Waals surface area contributed by atoms with Crippen molar-refractivity contribution in [2.75, 3.05) is 7.11 Å². The molecule has 0 aliphatic rings. The highest BCUT2D eigenvalue weighted by Gasteiger charge is 2.16. The second kappa shape index (κ2) is 6.41. The molecular weight excluding hydrogens is 301 g/mol. The Bertz CT molecular complexity index is 678. The van der Waals surface area contributed by atoms with Crippen molar-refractivity contribution in [2.45, 2.75) is 6.61 Å². The van der Waals surface area contributed by atoms with Crippen LogP contribution in [-0.4, -0.2) is 12.0 Å². The number of hydrogen-bond acceptors (Lipinski definition) is 4. The molecule has 0 aromatic heterocycles. The van der Waals surface area contributed by atoms with Crippen LogP contribution in [0, 0.1) is 15.9 Å². The van der Waals surface area contributed by atoms with E-state index in [-0.39, 0.29) is 29.4 Å². The van der Waals surface area contributed by atoms with Gasteiger partial charge in [0.05, 0.1) is 12.0 Å². The molecule has 0 atom stereocenters. The van der Waals surface area contributed by atoms with E-state index < -0.39 is 10.7 Å². The van der Waals surface area contributed by atoms with E-state index in [0.717, 1.165) is 0 Å². The van der Waals surface area contributed by atoms with Gasteiger partial charge in [-0.25, -0.2) is 4.39 Å². The van der Waals surface area contributed by atoms with Gasteiger partial charge >= 0.3 is 5.69 Å². The molecule has 2 aromatic carbocycles. The maximum atomic E-state index is 13.9. The standard InChI is InChI=1S/C14H11ClFNO4/c1-20-12-4-2-3-9(14(12)16)8-21-13-7-10(15)5-6-11(13)17(18)19/h2-7H,8H2,1H3. The number of benzene rings is 2. The lowest BCUT2D eigenvalue weighted by Crippen LogP contribution is -2.02. The molecule has 0 saturated carbocycles. The Morgan fingerprint density at radius 2 is 2.05 bits per heavy atom. The van der Waals surface area contributed by atoms with Crippen molar-refractivity contribution in [3.8, 4) is 11.5 Å². The number of hydrogen-bond donors (Lipinski definition) is 0. The zero-order chi connectivity index (χ0) is 15.4. The second-order valence-electron chi connectivity index (χ2n) is 4.09. The zero-order valence-electron chi connectivity index (χ0n) is 11.0. The van der Waals surface area contributed by atoms with Gasteiger partial charge in [-0.1, -0.05) is 23.7 Å². The highest BCUT2D eigenvalue weighted by atomic mass is 35.5. The Balaban J connectivity index is 2.24. The summed E-state index contributed by atoms with van der Waals surface area (Å²) in [6, 6.07) is 8.53. The molecule has 21 heavy (non-hydrogen) atoms. The van der Waals surface area contributed by atoms with Crippen molar-refractivity contribution >= 4 is 17.3 Å². The molecule has 0 bridgehead atoms. The molecular formula is C14H11ClFNO4. The van der Waals surface area contributed by atoms with E-state index in [1.807, 2.05) is 0 Å². The molecule has 0 spiro atoms. The van der Waals surface area contributed by atoms with Crippen molar-refractivity contribution in [2.24, 2.45) is 0 Å². The molecule has 0 amide bonds. The van der Waals surface area contributed by atoms with E-state index in [9.17, 15) is 14.5 Å². The first-order valence-electron chi connectivity index (χ1n) is 5.91. The first-order chi connectivity index (χ1) is 10.0. The third-order valence-corrected chi connectivity index (χ3v) is 3.00. The Morgan fingerprint density at radius 3 is 2.71 bits per heavy atom. The molecule has 0 saturated heterocycles. The van der Waals surface area contributed by atoms with Crippen LogP contribution < -0.4 is 9.47 Å². The van der Waals surface area contributed by atoms with Gasteiger partial charge in [-0.15, -0.1) is 0 Å². The van der Waals surface area contributed by atoms with Crippen LogP contribution in [0.15, 0.2) is 36.4 Å². The molecule has 5 nitrogen and oxygen atoms in total. The minimum absolute atomic E-state index is 0.0188. The van der Waals surface area contributed by atoms with Crippen molar-refractivity contribution < 1.29 is 18.8 Å². The predicted molar refractivity (Wildman–Crippen MR) is 75.4 cm³/mol. The monoisotopic (exact) mass is 311 g/mol. The van der Waals surface area contributed by atoms with Crippen LogP contribution in [0.5, 0.6) is 11.5 Å². The summed E-state index contributed by atoms with van der Waals surface area (Å²) in [6.45, 7) is -0.176. The molecule has 0 heterocycles. The molecule has 0 aliphatic carbocycles. The van der Waals surface area contributed by atoms with E-state index in [4.69, 9.17) is 21.1 Å². The topological polar surface area (TPSA) is 61.6 Å². The van der Waals surface area contributed by atoms with E-state index in [1.165, 1.54) is 37.4 Å². The predicted octanol–water partition coefficient (Wildman–Crippen LogP) is 3.97. The minimum Gasteiger partial charge on any atom is -0.494 e. The van der Waals surface area contributed by atoms with Crippen molar-refractivity contribution in [3.63, 3.8) is 0 Å². The fraction of sp³-hybridized carbons (Fsp3) is 0.143. The molecule has 0 fully saturated rings. The van der Waals surface area contributed by atoms with Gasteiger partial charge in [0.25, 0.3) is 0 Å². The van der Waals surface area contributed by atoms with Gasteiger partial charge in [-0.05, 0) is 12.1 Å². The summed E-state index contributed by atoms with van der Waals surface area (Å²) in [7, 11) is 1.35. The number of ether oxygens (including phenoxy) is 2. The quantitative estimate of drug-likeness (QED) is 0.619. The molecule has 0 radical (unpaired) electrons. The van der Waals surface area contributed by atoms with Crippen molar-refractivity contribution in [3.05, 3.63) is 62.9 Å². The third-order valence-electron chi connectivity index (χ3n) is 2.76. The minimum atomic E-state index is -0.590. The lowest BCUT2D eigenvalue weighted by Gasteiger charge is -2.09. The number of nitro benzene ring substituents is 1. The van der Waals surface area contributed by atoms with Crippen LogP contribution in [0.3, 0.4) is 0 Å². The smallest absolute Gasteiger partial charge is 0.311 e. The molecule has 0 N–H and O–H groups in total. The van der Waals surface area contributed by atoms with Gasteiger partial charge in [0, 0.05) is 22.7 Å². The van der Waals surface area contributed by atoms with Crippen LogP contribution in [0.4, 0.5) is 10.1 Å². The molecule has 110 valence electrons. The largest absolute Gasteiger partial charge is 0.494 e. The summed E-state index contributed by atoms with van der Waals surface area (Å²) < 4.78 is 24.1. The van der Waals surface area contributed by atoms with Gasteiger partial charge < -0.3 is 9.47 Å². The van der Waals surface area contributed by atoms with E-state index in [0.29, 0.717) is 5.02 Å². The summed E-state index contributed by atoms with van der Waals surface area (Å²) in [5, 5.41) is 11.2. The number of methoxy groups -OCH3 is 1. The fourth-order valence-electron chi connectivity index (χ4n) is 1.74. The zero-order valence-corrected chi connectivity index (χ0v) is 11.8. The summed E-state index contributed by atoms with van der Waals surface area (Å²) >= 11 is 5.79. The van der Waals surface area contributed by atoms with Gasteiger partial charge in [0.15, 0.2) is 17.3 Å². The Labute approximate surface area is 125 Å². The average molecular weight is 312 g/mol. The highest BCUT2D eigenvalue weighted by molar-refractivity contribution is 6.30. The maximum Gasteiger partial charge on any atom is 0.311 e. The maximum absolute atomic E-state index is 13.9. The molecule has 0 unspecified atom stereocenters. The van der Waals surface area contributed by atoms with Gasteiger partial charge in [0.2, 0.25) is 0 Å². The van der Waals surface area contributed by atoms with Crippen LogP contribution in [-0.2, 0) is 6.61 Å². The van der Waals surface area contributed by atoms with Crippen LogP contribution in [0.1, 0.15) is 5.56 Å². The van der Waals surface area contributed by atoms with E-state index in [1.54, 1.807) is 6.07 Å². The molecule has 0 aliphatic heterocycles. The van der Waals surface area contributed by atoms with Crippen LogP contribution >= 0.6 is 11.6 Å². The van der Waals surface area contributed by atoms with Crippen LogP contribution in [0.2, 0.25) is 5.02 Å². The SMILES string of the molecule is COc1cccc(COc2cc(Cl)ccc2[N+](=O)[O-])c1F. The normalized spacial score (nSPS) is 10.2. The summed E-state index contributed by atoms with van der Waals surface area (Å²) in [5.41, 5.74) is -0.00803. The third kappa shape index (κ3) is 3.41. The second-order valence-corrected chi connectivity index (χ2v) is 4.53. The summed E-state index contributed by atoms with van der Waals surface area (Å²) in [4.78, 5) is 10.3.